The highest BCUT2D eigenvalue weighted by Crippen LogP contribution is 2.37. The number of likely N-dealkylation sites (tertiary alicyclic amines) is 1. The molecule has 0 spiro atoms. The Morgan fingerprint density at radius 3 is 2.62 bits per heavy atom. The van der Waals surface area contributed by atoms with Gasteiger partial charge in [-0.3, -0.25) is 9.69 Å². The van der Waals surface area contributed by atoms with Crippen molar-refractivity contribution in [1.82, 2.24) is 4.90 Å². The molecule has 1 aromatic carbocycles. The lowest BCUT2D eigenvalue weighted by atomic mass is 9.84. The first-order valence-electron chi connectivity index (χ1n) is 7.99. The fourth-order valence-corrected chi connectivity index (χ4v) is 4.07. The summed E-state index contributed by atoms with van der Waals surface area (Å²) in [5, 5.41) is 0. The van der Waals surface area contributed by atoms with E-state index in [0.29, 0.717) is 12.6 Å². The summed E-state index contributed by atoms with van der Waals surface area (Å²) < 4.78 is 0. The zero-order valence-electron chi connectivity index (χ0n) is 12.5. The Hall–Kier alpha value is -1.39. The number of amides is 1. The van der Waals surface area contributed by atoms with E-state index in [1.54, 1.807) is 0 Å². The number of rotatable bonds is 4. The van der Waals surface area contributed by atoms with Gasteiger partial charge >= 0.3 is 0 Å². The molecule has 0 aromatic heterocycles. The van der Waals surface area contributed by atoms with Gasteiger partial charge in [0.1, 0.15) is 5.54 Å². The van der Waals surface area contributed by atoms with Crippen molar-refractivity contribution in [3.8, 4) is 0 Å². The molecule has 1 amide bonds. The van der Waals surface area contributed by atoms with Gasteiger partial charge in [0.25, 0.3) is 0 Å². The van der Waals surface area contributed by atoms with E-state index in [-0.39, 0.29) is 0 Å². The van der Waals surface area contributed by atoms with Crippen molar-refractivity contribution < 1.29 is 4.79 Å². The third-order valence-electron chi connectivity index (χ3n) is 5.31. The molecule has 1 saturated heterocycles. The van der Waals surface area contributed by atoms with Crippen molar-refractivity contribution in [2.75, 3.05) is 13.1 Å². The average Bonchev–Trinajstić information content (AvgIpc) is 2.91. The molecule has 1 saturated carbocycles. The van der Waals surface area contributed by atoms with E-state index >= 15 is 0 Å². The second-order valence-electron chi connectivity index (χ2n) is 6.57. The smallest absolute Gasteiger partial charge is 0.243 e. The standard InChI is InChI=1S/C17H25N3O/c18-16(21)17(19,14-7-2-1-3-8-14)12-20-11-10-13-6-4-5-9-15(13)20/h1-3,7-8,13,15H,4-6,9-12,19H2,(H2,18,21). The van der Waals surface area contributed by atoms with Gasteiger partial charge in [-0.2, -0.15) is 0 Å². The molecule has 1 aliphatic carbocycles. The van der Waals surface area contributed by atoms with E-state index in [2.05, 4.69) is 4.90 Å². The molecule has 3 unspecified atom stereocenters. The molecular weight excluding hydrogens is 262 g/mol. The molecule has 4 nitrogen and oxygen atoms in total. The van der Waals surface area contributed by atoms with Crippen LogP contribution in [0.2, 0.25) is 0 Å². The van der Waals surface area contributed by atoms with Crippen molar-refractivity contribution in [3.63, 3.8) is 0 Å². The lowest BCUT2D eigenvalue weighted by molar-refractivity contribution is -0.124. The predicted molar refractivity (Wildman–Crippen MR) is 83.4 cm³/mol. The van der Waals surface area contributed by atoms with Gasteiger partial charge in [0, 0.05) is 12.6 Å². The summed E-state index contributed by atoms with van der Waals surface area (Å²) in [7, 11) is 0. The molecule has 1 aromatic rings. The van der Waals surface area contributed by atoms with E-state index in [1.807, 2.05) is 30.3 Å². The fourth-order valence-electron chi connectivity index (χ4n) is 4.07. The normalized spacial score (nSPS) is 28.8. The maximum absolute atomic E-state index is 12.0. The minimum atomic E-state index is -1.09. The summed E-state index contributed by atoms with van der Waals surface area (Å²) in [6, 6.07) is 10.1. The number of carbonyl (C=O) groups excluding carboxylic acids is 1. The van der Waals surface area contributed by atoms with Gasteiger partial charge in [-0.15, -0.1) is 0 Å². The lowest BCUT2D eigenvalue weighted by Gasteiger charge is -2.37. The Bertz CT molecular complexity index is 504. The van der Waals surface area contributed by atoms with Crippen LogP contribution in [0.5, 0.6) is 0 Å². The van der Waals surface area contributed by atoms with Gasteiger partial charge in [0.15, 0.2) is 0 Å². The summed E-state index contributed by atoms with van der Waals surface area (Å²) in [5.41, 5.74) is 11.8. The van der Waals surface area contributed by atoms with Crippen molar-refractivity contribution in [1.29, 1.82) is 0 Å². The summed E-state index contributed by atoms with van der Waals surface area (Å²) in [4.78, 5) is 14.4. The lowest BCUT2D eigenvalue weighted by Crippen LogP contribution is -2.57. The third-order valence-corrected chi connectivity index (χ3v) is 5.31. The highest BCUT2D eigenvalue weighted by molar-refractivity contribution is 5.86. The largest absolute Gasteiger partial charge is 0.368 e. The van der Waals surface area contributed by atoms with E-state index in [9.17, 15) is 4.79 Å². The first-order valence-corrected chi connectivity index (χ1v) is 7.99. The van der Waals surface area contributed by atoms with Crippen molar-refractivity contribution in [2.24, 2.45) is 17.4 Å². The van der Waals surface area contributed by atoms with E-state index in [0.717, 1.165) is 18.0 Å². The molecule has 1 heterocycles. The minimum absolute atomic E-state index is 0.437. The number of hydrogen-bond acceptors (Lipinski definition) is 3. The van der Waals surface area contributed by atoms with Gasteiger partial charge in [-0.1, -0.05) is 43.2 Å². The van der Waals surface area contributed by atoms with Gasteiger partial charge in [-0.25, -0.2) is 0 Å². The van der Waals surface area contributed by atoms with Crippen LogP contribution in [0.3, 0.4) is 0 Å². The molecule has 114 valence electrons. The van der Waals surface area contributed by atoms with Gasteiger partial charge in [0.05, 0.1) is 0 Å². The highest BCUT2D eigenvalue weighted by Gasteiger charge is 2.42. The second kappa shape index (κ2) is 5.78. The topological polar surface area (TPSA) is 72.3 Å². The Balaban J connectivity index is 1.81. The van der Waals surface area contributed by atoms with Crippen LogP contribution < -0.4 is 11.5 Å². The Morgan fingerprint density at radius 1 is 1.19 bits per heavy atom. The van der Waals surface area contributed by atoms with Crippen LogP contribution in [-0.2, 0) is 10.3 Å². The fraction of sp³-hybridized carbons (Fsp3) is 0.588. The Kier molecular flexibility index (Phi) is 4.00. The summed E-state index contributed by atoms with van der Waals surface area (Å²) in [6.45, 7) is 1.57. The number of hydrogen-bond donors (Lipinski definition) is 2. The second-order valence-corrected chi connectivity index (χ2v) is 6.57. The zero-order valence-corrected chi connectivity index (χ0v) is 12.5. The van der Waals surface area contributed by atoms with Crippen LogP contribution >= 0.6 is 0 Å². The third kappa shape index (κ3) is 2.70. The van der Waals surface area contributed by atoms with Crippen molar-refractivity contribution in [3.05, 3.63) is 35.9 Å². The number of fused-ring (bicyclic) bond motifs is 1. The molecule has 4 N–H and O–H groups in total. The number of carbonyl (C=O) groups is 1. The first kappa shape index (κ1) is 14.5. The first-order chi connectivity index (χ1) is 10.1. The molecule has 2 fully saturated rings. The van der Waals surface area contributed by atoms with Crippen LogP contribution in [0.25, 0.3) is 0 Å². The number of benzene rings is 1. The van der Waals surface area contributed by atoms with Crippen LogP contribution in [0.15, 0.2) is 30.3 Å². The molecule has 0 bridgehead atoms. The Labute approximate surface area is 126 Å². The van der Waals surface area contributed by atoms with Gasteiger partial charge in [0.2, 0.25) is 5.91 Å². The van der Waals surface area contributed by atoms with Crippen LogP contribution in [0.1, 0.15) is 37.7 Å². The monoisotopic (exact) mass is 287 g/mol. The number of nitrogens with two attached hydrogens (primary N) is 2. The number of primary amides is 1. The maximum Gasteiger partial charge on any atom is 0.243 e. The summed E-state index contributed by atoms with van der Waals surface area (Å²) >= 11 is 0. The van der Waals surface area contributed by atoms with Crippen molar-refractivity contribution >= 4 is 5.91 Å². The molecule has 2 aliphatic rings. The summed E-state index contributed by atoms with van der Waals surface area (Å²) in [6.07, 6.45) is 6.41. The molecule has 1 aliphatic heterocycles. The molecule has 3 rings (SSSR count). The minimum Gasteiger partial charge on any atom is -0.368 e. The van der Waals surface area contributed by atoms with Crippen molar-refractivity contribution in [2.45, 2.75) is 43.7 Å². The number of nitrogens with zero attached hydrogens (tertiary/aromatic N) is 1. The molecule has 4 heteroatoms. The van der Waals surface area contributed by atoms with E-state index in [1.165, 1.54) is 32.1 Å². The average molecular weight is 287 g/mol. The zero-order chi connectivity index (χ0) is 14.9. The Morgan fingerprint density at radius 2 is 1.90 bits per heavy atom. The molecule has 21 heavy (non-hydrogen) atoms. The van der Waals surface area contributed by atoms with Gasteiger partial charge in [-0.05, 0) is 37.3 Å². The maximum atomic E-state index is 12.0. The van der Waals surface area contributed by atoms with E-state index in [4.69, 9.17) is 11.5 Å². The molecular formula is C17H25N3O. The molecule has 3 atom stereocenters. The summed E-state index contributed by atoms with van der Waals surface area (Å²) in [5.74, 6) is 0.347. The van der Waals surface area contributed by atoms with Crippen LogP contribution in [0.4, 0.5) is 0 Å². The van der Waals surface area contributed by atoms with Crippen LogP contribution in [0, 0.1) is 5.92 Å². The quantitative estimate of drug-likeness (QED) is 0.883. The SMILES string of the molecule is NC(=O)C(N)(CN1CCC2CCCCC21)c1ccccc1. The van der Waals surface area contributed by atoms with Crippen LogP contribution in [-0.4, -0.2) is 29.9 Å². The van der Waals surface area contributed by atoms with E-state index < -0.39 is 11.4 Å². The predicted octanol–water partition coefficient (Wildman–Crippen LogP) is 1.59. The molecule has 0 radical (unpaired) electrons. The highest BCUT2D eigenvalue weighted by atomic mass is 16.1. The van der Waals surface area contributed by atoms with Gasteiger partial charge < -0.3 is 11.5 Å².